The van der Waals surface area contributed by atoms with Crippen molar-refractivity contribution in [2.24, 2.45) is 0 Å². The highest BCUT2D eigenvalue weighted by Gasteiger charge is 2.52. The molecule has 0 aliphatic carbocycles. The van der Waals surface area contributed by atoms with Crippen molar-refractivity contribution < 1.29 is 54.7 Å². The van der Waals surface area contributed by atoms with E-state index in [0.29, 0.717) is 48.5 Å². The van der Waals surface area contributed by atoms with E-state index in [1.54, 1.807) is 75.3 Å². The number of rotatable bonds is 11. The molecular weight excluding hydrogens is 1560 g/mol. The summed E-state index contributed by atoms with van der Waals surface area (Å²) in [6.07, 6.45) is 9.72. The number of tetrazole rings is 3. The van der Waals surface area contributed by atoms with Gasteiger partial charge in [-0.25, -0.2) is 50.9 Å². The summed E-state index contributed by atoms with van der Waals surface area (Å²) < 4.78 is 111. The number of thiophene rings is 3. The number of nitrogens with one attached hydrogen (secondary N) is 1. The number of ether oxygens (including phenoxy) is 2. The van der Waals surface area contributed by atoms with Crippen LogP contribution in [0.5, 0.6) is 0 Å². The first-order valence-electron chi connectivity index (χ1n) is 34.8. The van der Waals surface area contributed by atoms with Crippen molar-refractivity contribution >= 4 is 92.2 Å². The maximum absolute atomic E-state index is 14.4. The van der Waals surface area contributed by atoms with Gasteiger partial charge in [-0.3, -0.25) is 0 Å². The van der Waals surface area contributed by atoms with Crippen LogP contribution in [0.2, 0.25) is 0 Å². The first-order chi connectivity index (χ1) is 52.9. The maximum Gasteiger partial charge on any atom is 0.496 e. The van der Waals surface area contributed by atoms with Crippen LogP contribution in [0.15, 0.2) is 113 Å². The third-order valence-electron chi connectivity index (χ3n) is 18.8. The van der Waals surface area contributed by atoms with Crippen LogP contribution < -0.4 is 28.0 Å². The fourth-order valence-corrected chi connectivity index (χ4v) is 16.5. The highest BCUT2D eigenvalue weighted by Crippen LogP contribution is 2.41. The van der Waals surface area contributed by atoms with Gasteiger partial charge in [-0.2, -0.15) is 14.0 Å². The number of nitrogens with zero attached hydrogens (tertiary/aromatic N) is 17. The summed E-state index contributed by atoms with van der Waals surface area (Å²) in [7, 11) is -0.679. The van der Waals surface area contributed by atoms with E-state index in [0.717, 1.165) is 118 Å². The Balaban J connectivity index is 0.000000133. The van der Waals surface area contributed by atoms with Crippen LogP contribution >= 0.6 is 49.9 Å². The van der Waals surface area contributed by atoms with E-state index in [1.165, 1.54) is 77.7 Å². The second-order valence-corrected chi connectivity index (χ2v) is 31.1. The molecule has 2 amide bonds. The minimum Gasteiger partial charge on any atom is -0.450 e. The van der Waals surface area contributed by atoms with Crippen molar-refractivity contribution in [1.29, 1.82) is 0 Å². The molecule has 7 N–H and O–H groups in total. The molecule has 4 aliphatic rings. The number of pyridine rings is 3. The van der Waals surface area contributed by atoms with Gasteiger partial charge in [0.1, 0.15) is 34.5 Å². The van der Waals surface area contributed by atoms with Crippen molar-refractivity contribution in [2.75, 3.05) is 69.7 Å². The molecule has 4 aliphatic heterocycles. The van der Waals surface area contributed by atoms with E-state index in [-0.39, 0.29) is 64.2 Å². The first kappa shape index (κ1) is 77.5. The van der Waals surface area contributed by atoms with E-state index in [9.17, 15) is 35.9 Å². The first-order valence-corrected chi connectivity index (χ1v) is 38.0. The summed E-state index contributed by atoms with van der Waals surface area (Å²) in [5.41, 5.74) is 24.1. The zero-order valence-electron chi connectivity index (χ0n) is 60.0. The zero-order chi connectivity index (χ0) is 77.7. The molecule has 0 radical (unpaired) electrons. The van der Waals surface area contributed by atoms with Crippen LogP contribution in [0.3, 0.4) is 0 Å². The Hall–Kier alpha value is -10.6. The second kappa shape index (κ2) is 33.3. The number of fused-ring (bicyclic) bond motifs is 3. The number of aromatic nitrogens is 15. The van der Waals surface area contributed by atoms with E-state index < -0.39 is 53.2 Å². The molecule has 13 heterocycles. The molecule has 0 saturated carbocycles. The van der Waals surface area contributed by atoms with E-state index in [1.807, 2.05) is 40.7 Å². The van der Waals surface area contributed by atoms with Crippen LogP contribution in [0.4, 0.5) is 53.4 Å². The number of amides is 2. The number of hydrogen-bond acceptors (Lipinski definition) is 25. The SMILES string of the molecule is CC1(C)OB(c2cnc(N)c(-c3nnnn3-c3cccc(F)c3F)c2)OC1(C)C.CCOC(=O)N1CCc2cc(-c3cnc(N)c(-c4nnnn4-c4cccc(F)c4F)c3)sc2CC1.CCOC(=O)N1CCc2cc(Br)sc2CC1.Nc1ncc(-c2cc3c(s2)CCNCC3)cc1-c1nnnn1-c1cccc(F)c1F. The van der Waals surface area contributed by atoms with Crippen molar-refractivity contribution in [2.45, 2.75) is 91.3 Å². The summed E-state index contributed by atoms with van der Waals surface area (Å²) in [5.74, 6) is -5.26. The predicted octanol–water partition coefficient (Wildman–Crippen LogP) is 11.8. The van der Waals surface area contributed by atoms with E-state index in [4.69, 9.17) is 36.0 Å². The number of anilines is 3. The van der Waals surface area contributed by atoms with Gasteiger partial charge in [-0.05, 0) is 230 Å². The summed E-state index contributed by atoms with van der Waals surface area (Å²) in [4.78, 5) is 46.0. The smallest absolute Gasteiger partial charge is 0.450 e. The number of carbonyl (C=O) groups is 2. The third kappa shape index (κ3) is 16.6. The number of nitrogens with two attached hydrogens (primary N) is 3. The Morgan fingerprint density at radius 2 is 0.900 bits per heavy atom. The molecule has 110 heavy (non-hydrogen) atoms. The van der Waals surface area contributed by atoms with Gasteiger partial charge in [0.2, 0.25) is 0 Å². The molecule has 38 heteroatoms. The van der Waals surface area contributed by atoms with Crippen molar-refractivity contribution in [3.63, 3.8) is 0 Å². The topological polar surface area (TPSA) is 337 Å². The average Bonchev–Trinajstić information content (AvgIpc) is 1.60. The largest absolute Gasteiger partial charge is 0.496 e. The van der Waals surface area contributed by atoms with Crippen LogP contribution in [0, 0.1) is 34.9 Å². The molecule has 570 valence electrons. The molecule has 0 spiro atoms. The molecule has 1 saturated heterocycles. The van der Waals surface area contributed by atoms with Gasteiger partial charge in [0, 0.05) is 85.7 Å². The highest BCUT2D eigenvalue weighted by atomic mass is 79.9. The van der Waals surface area contributed by atoms with Gasteiger partial charge < -0.3 is 51.1 Å². The molecule has 9 aromatic heterocycles. The van der Waals surface area contributed by atoms with Gasteiger partial charge in [0.25, 0.3) is 0 Å². The predicted molar refractivity (Wildman–Crippen MR) is 407 cm³/mol. The Morgan fingerprint density at radius 3 is 1.35 bits per heavy atom. The second-order valence-electron chi connectivity index (χ2n) is 26.3. The number of carbonyl (C=O) groups excluding carboxylic acids is 2. The lowest BCUT2D eigenvalue weighted by atomic mass is 9.79. The Bertz CT molecular complexity index is 5280. The van der Waals surface area contributed by atoms with Crippen LogP contribution in [-0.2, 0) is 57.3 Å². The Morgan fingerprint density at radius 1 is 0.518 bits per heavy atom. The Kier molecular flexibility index (Phi) is 23.5. The zero-order valence-corrected chi connectivity index (χ0v) is 64.1. The lowest BCUT2D eigenvalue weighted by molar-refractivity contribution is 0.00578. The van der Waals surface area contributed by atoms with Gasteiger partial charge >= 0.3 is 19.3 Å². The number of halogens is 7. The molecule has 0 bridgehead atoms. The summed E-state index contributed by atoms with van der Waals surface area (Å²) in [6, 6.07) is 23.1. The quantitative estimate of drug-likeness (QED) is 0.0690. The van der Waals surface area contributed by atoms with Crippen molar-refractivity contribution in [3.05, 3.63) is 180 Å². The van der Waals surface area contributed by atoms with Gasteiger partial charge in [-0.1, -0.05) is 18.2 Å². The van der Waals surface area contributed by atoms with Crippen LogP contribution in [-0.4, -0.2) is 168 Å². The van der Waals surface area contributed by atoms with Gasteiger partial charge in [0.05, 0.1) is 44.9 Å². The molecule has 12 aromatic rings. The van der Waals surface area contributed by atoms with Crippen LogP contribution in [0.25, 0.3) is 72.1 Å². The molecule has 16 rings (SSSR count). The van der Waals surface area contributed by atoms with Crippen molar-refractivity contribution in [1.82, 2.24) is 90.7 Å². The molecule has 0 unspecified atom stereocenters. The van der Waals surface area contributed by atoms with E-state index in [2.05, 4.69) is 101 Å². The fraction of sp³-hybridized carbons (Fsp3) is 0.306. The minimum absolute atomic E-state index is 0.102. The molecular formula is C72H71BBrF6N21O6S3. The maximum atomic E-state index is 14.4. The number of benzene rings is 3. The molecule has 1 fully saturated rings. The normalized spacial score (nSPS) is 14.9. The summed E-state index contributed by atoms with van der Waals surface area (Å²) >= 11 is 8.62. The summed E-state index contributed by atoms with van der Waals surface area (Å²) in [6.45, 7) is 16.8. The molecule has 3 aromatic carbocycles. The standard InChI is InChI=1S/C23H21F2N7O2S.C20H17F2N7S.C18H19BF2N6O2.C11H14BrNO2S/c1-2-34-23(33)31-8-6-13-11-19(35-18(13)7-9-31)14-10-15(21(26)27-12-14)22-28-29-30-32(22)17-5-3-4-16(24)20(17)25;21-14-2-1-3-15(18(14)22)29-20(26-27-28-29)13-8-12(10-25-19(13)23)17-9-11-4-6-24-7-5-16(11)30-17;1-17(2)18(3,4)29-19(28-17)10-8-11(15(22)23-9-10)16-24-25-26-27(16)13-7-5-6-12(20)14(13)21;1-2-15-11(14)13-5-3-8-7-10(12)16-9(8)4-6-13/h3-5,10-12H,2,6-9H2,1H3,(H2,26,27);1-3,8-10,24H,4-7H2,(H2,23,25);5-9H,1-4H3,(H2,22,23);7H,2-6H2,1H3. The fourth-order valence-electron chi connectivity index (χ4n) is 12.3. The monoisotopic (exact) mass is 1630 g/mol. The lowest BCUT2D eigenvalue weighted by Crippen LogP contribution is -2.41. The number of hydrogen-bond donors (Lipinski definition) is 4. The Labute approximate surface area is 646 Å². The average molecular weight is 1630 g/mol. The minimum atomic E-state index is -1.07. The highest BCUT2D eigenvalue weighted by molar-refractivity contribution is 9.11. The van der Waals surface area contributed by atoms with Crippen molar-refractivity contribution in [3.8, 4) is 72.1 Å². The van der Waals surface area contributed by atoms with Crippen LogP contribution in [0.1, 0.15) is 72.9 Å². The van der Waals surface area contributed by atoms with E-state index >= 15 is 0 Å². The van der Waals surface area contributed by atoms with Gasteiger partial charge in [-0.15, -0.1) is 49.3 Å². The lowest BCUT2D eigenvalue weighted by Gasteiger charge is -2.32. The number of nitrogen functional groups attached to an aromatic ring is 3. The third-order valence-corrected chi connectivity index (χ3v) is 23.1. The summed E-state index contributed by atoms with van der Waals surface area (Å²) in [5, 5.41) is 37.6. The molecule has 27 nitrogen and oxygen atoms in total. The van der Waals surface area contributed by atoms with Gasteiger partial charge in [0.15, 0.2) is 52.4 Å². The molecule has 0 atom stereocenters.